The van der Waals surface area contributed by atoms with Crippen molar-refractivity contribution in [1.82, 2.24) is 5.32 Å². The number of hydrogen-bond donors (Lipinski definition) is 4. The van der Waals surface area contributed by atoms with E-state index >= 15 is 0 Å². The minimum atomic E-state index is -1.10. The average molecular weight is 875 g/mol. The van der Waals surface area contributed by atoms with Crippen molar-refractivity contribution in [3.05, 3.63) is 24.3 Å². The Morgan fingerprint density at radius 1 is 0.387 bits per heavy atom. The Bertz CT molecular complexity index is 920. The summed E-state index contributed by atoms with van der Waals surface area (Å²) in [5.41, 5.74) is 0. The maximum atomic E-state index is 12.5. The van der Waals surface area contributed by atoms with Crippen LogP contribution in [0.15, 0.2) is 24.3 Å². The molecule has 3 atom stereocenters. The fourth-order valence-corrected chi connectivity index (χ4v) is 8.89. The van der Waals surface area contributed by atoms with E-state index in [9.17, 15) is 20.1 Å². The van der Waals surface area contributed by atoms with E-state index in [-0.39, 0.29) is 6.61 Å². The first kappa shape index (κ1) is 60.8. The molecule has 5 nitrogen and oxygen atoms in total. The summed E-state index contributed by atoms with van der Waals surface area (Å²) in [5, 5.41) is 33.4. The largest absolute Gasteiger partial charge is 0.394 e. The van der Waals surface area contributed by atoms with Crippen LogP contribution in [0.3, 0.4) is 0 Å². The highest BCUT2D eigenvalue weighted by molar-refractivity contribution is 5.80. The first-order chi connectivity index (χ1) is 30.6. The fraction of sp³-hybridized carbons (Fsp3) is 0.912. The first-order valence-corrected chi connectivity index (χ1v) is 28.2. The molecule has 0 saturated heterocycles. The first-order valence-electron chi connectivity index (χ1n) is 28.2. The lowest BCUT2D eigenvalue weighted by Crippen LogP contribution is -2.48. The Hall–Kier alpha value is -1.17. The number of allylic oxidation sites excluding steroid dienone is 3. The van der Waals surface area contributed by atoms with Crippen LogP contribution < -0.4 is 5.32 Å². The van der Waals surface area contributed by atoms with E-state index in [1.54, 1.807) is 6.08 Å². The van der Waals surface area contributed by atoms with Crippen molar-refractivity contribution >= 4 is 5.91 Å². The number of hydrogen-bond acceptors (Lipinski definition) is 4. The Kier molecular flexibility index (Phi) is 51.5. The molecule has 4 N–H and O–H groups in total. The summed E-state index contributed by atoms with van der Waals surface area (Å²) in [6, 6.07) is -0.797. The molecule has 0 aliphatic rings. The third-order valence-corrected chi connectivity index (χ3v) is 13.3. The number of carbonyl (C=O) groups is 1. The van der Waals surface area contributed by atoms with Gasteiger partial charge >= 0.3 is 0 Å². The van der Waals surface area contributed by atoms with Gasteiger partial charge in [-0.15, -0.1) is 0 Å². The lowest BCUT2D eigenvalue weighted by atomic mass is 10.0. The SMILES string of the molecule is CCCCCCCCCCCCCC/C=C\CCCCCCCCCCCCCCC(O)C(=O)NC(CO)C(O)/C=C/CCCCCCCCCCCCCCCCCCCC. The van der Waals surface area contributed by atoms with Crippen molar-refractivity contribution in [2.75, 3.05) is 6.61 Å². The third-order valence-electron chi connectivity index (χ3n) is 13.3. The maximum Gasteiger partial charge on any atom is 0.249 e. The van der Waals surface area contributed by atoms with Crippen molar-refractivity contribution in [2.45, 2.75) is 327 Å². The molecule has 3 unspecified atom stereocenters. The Morgan fingerprint density at radius 3 is 0.935 bits per heavy atom. The number of nitrogens with one attached hydrogen (secondary N) is 1. The van der Waals surface area contributed by atoms with Crippen molar-refractivity contribution in [3.63, 3.8) is 0 Å². The van der Waals surface area contributed by atoms with Crippen LogP contribution in [0.5, 0.6) is 0 Å². The molecule has 0 spiro atoms. The zero-order valence-electron chi connectivity index (χ0n) is 42.0. The normalized spacial score (nSPS) is 13.4. The van der Waals surface area contributed by atoms with Gasteiger partial charge in [-0.25, -0.2) is 0 Å². The van der Waals surface area contributed by atoms with Gasteiger partial charge in [0.25, 0.3) is 0 Å². The summed E-state index contributed by atoms with van der Waals surface area (Å²) in [4.78, 5) is 12.5. The summed E-state index contributed by atoms with van der Waals surface area (Å²) in [5.74, 6) is -0.499. The summed E-state index contributed by atoms with van der Waals surface area (Å²) < 4.78 is 0. The van der Waals surface area contributed by atoms with Gasteiger partial charge in [-0.3, -0.25) is 4.79 Å². The van der Waals surface area contributed by atoms with Gasteiger partial charge in [0.2, 0.25) is 5.91 Å². The molecule has 0 bridgehead atoms. The molecule has 0 aliphatic heterocycles. The zero-order chi connectivity index (χ0) is 45.1. The van der Waals surface area contributed by atoms with E-state index in [0.29, 0.717) is 6.42 Å². The van der Waals surface area contributed by atoms with Gasteiger partial charge in [0.15, 0.2) is 0 Å². The third kappa shape index (κ3) is 46.8. The van der Waals surface area contributed by atoms with Crippen molar-refractivity contribution < 1.29 is 20.1 Å². The number of amides is 1. The molecule has 0 heterocycles. The van der Waals surface area contributed by atoms with Gasteiger partial charge in [0, 0.05) is 0 Å². The van der Waals surface area contributed by atoms with Crippen molar-refractivity contribution in [1.29, 1.82) is 0 Å². The number of aliphatic hydroxyl groups excluding tert-OH is 3. The number of carbonyl (C=O) groups excluding carboxylic acids is 1. The molecule has 0 aromatic rings. The smallest absolute Gasteiger partial charge is 0.249 e. The van der Waals surface area contributed by atoms with E-state index in [0.717, 1.165) is 32.1 Å². The van der Waals surface area contributed by atoms with Crippen LogP contribution in [0.1, 0.15) is 309 Å². The number of unbranched alkanes of at least 4 members (excludes halogenated alkanes) is 42. The van der Waals surface area contributed by atoms with Crippen LogP contribution in [0.2, 0.25) is 0 Å². The number of rotatable bonds is 52. The molecule has 0 fully saturated rings. The molecule has 62 heavy (non-hydrogen) atoms. The molecule has 0 aromatic heterocycles. The topological polar surface area (TPSA) is 89.8 Å². The highest BCUT2D eigenvalue weighted by Gasteiger charge is 2.22. The highest BCUT2D eigenvalue weighted by atomic mass is 16.3. The van der Waals surface area contributed by atoms with E-state index in [4.69, 9.17) is 0 Å². The second kappa shape index (κ2) is 52.5. The summed E-state index contributed by atoms with van der Waals surface area (Å²) in [7, 11) is 0. The lowest BCUT2D eigenvalue weighted by Gasteiger charge is -2.21. The van der Waals surface area contributed by atoms with E-state index in [1.165, 1.54) is 257 Å². The van der Waals surface area contributed by atoms with Crippen LogP contribution in [0, 0.1) is 0 Å². The average Bonchev–Trinajstić information content (AvgIpc) is 3.28. The van der Waals surface area contributed by atoms with Crippen LogP contribution in [-0.4, -0.2) is 46.1 Å². The second-order valence-corrected chi connectivity index (χ2v) is 19.5. The standard InChI is InChI=1S/C57H111NO4/c1-3-5-7-9-11-13-15-17-19-21-23-25-26-27-28-29-30-31-32-34-36-38-40-42-44-46-48-50-52-56(61)57(62)58-54(53-59)55(60)51-49-47-45-43-41-39-37-35-33-24-22-20-18-16-14-12-10-8-6-4-2/h27-28,49,51,54-56,59-61H,3-26,29-48,50,52-53H2,1-2H3,(H,58,62)/b28-27-,51-49+. The van der Waals surface area contributed by atoms with Gasteiger partial charge < -0.3 is 20.6 Å². The second-order valence-electron chi connectivity index (χ2n) is 19.5. The van der Waals surface area contributed by atoms with Gasteiger partial charge in [-0.05, 0) is 44.9 Å². The maximum absolute atomic E-state index is 12.5. The van der Waals surface area contributed by atoms with Crippen LogP contribution in [-0.2, 0) is 4.79 Å². The summed E-state index contributed by atoms with van der Waals surface area (Å²) >= 11 is 0. The van der Waals surface area contributed by atoms with E-state index in [2.05, 4.69) is 31.3 Å². The fourth-order valence-electron chi connectivity index (χ4n) is 8.89. The molecule has 0 rings (SSSR count). The molecule has 0 radical (unpaired) electrons. The van der Waals surface area contributed by atoms with Gasteiger partial charge in [0.1, 0.15) is 6.10 Å². The van der Waals surface area contributed by atoms with Crippen molar-refractivity contribution in [3.8, 4) is 0 Å². The molecule has 1 amide bonds. The molecule has 0 aromatic carbocycles. The zero-order valence-corrected chi connectivity index (χ0v) is 42.0. The predicted octanol–water partition coefficient (Wildman–Crippen LogP) is 17.3. The Morgan fingerprint density at radius 2 is 0.645 bits per heavy atom. The van der Waals surface area contributed by atoms with Gasteiger partial charge in [-0.1, -0.05) is 289 Å². The number of aliphatic hydroxyl groups is 3. The van der Waals surface area contributed by atoms with E-state index < -0.39 is 24.2 Å². The summed E-state index contributed by atoms with van der Waals surface area (Å²) in [6.07, 6.45) is 66.8. The molecular formula is C57H111NO4. The van der Waals surface area contributed by atoms with Crippen LogP contribution in [0.25, 0.3) is 0 Å². The molecule has 5 heteroatoms. The minimum Gasteiger partial charge on any atom is -0.394 e. The lowest BCUT2D eigenvalue weighted by molar-refractivity contribution is -0.131. The van der Waals surface area contributed by atoms with Gasteiger partial charge in [-0.2, -0.15) is 0 Å². The highest BCUT2D eigenvalue weighted by Crippen LogP contribution is 2.17. The molecule has 0 aliphatic carbocycles. The minimum absolute atomic E-state index is 0.361. The Labute approximate surface area is 388 Å². The monoisotopic (exact) mass is 874 g/mol. The summed E-state index contributed by atoms with van der Waals surface area (Å²) in [6.45, 7) is 4.22. The van der Waals surface area contributed by atoms with Crippen molar-refractivity contribution in [2.24, 2.45) is 0 Å². The predicted molar refractivity (Wildman–Crippen MR) is 273 cm³/mol. The molecule has 0 saturated carbocycles. The van der Waals surface area contributed by atoms with Crippen LogP contribution >= 0.6 is 0 Å². The molecule has 368 valence electrons. The quantitative estimate of drug-likeness (QED) is 0.0362. The van der Waals surface area contributed by atoms with E-state index in [1.807, 2.05) is 6.08 Å². The van der Waals surface area contributed by atoms with Gasteiger partial charge in [0.05, 0.1) is 18.8 Å². The molecular weight excluding hydrogens is 763 g/mol. The Balaban J connectivity index is 3.55. The van der Waals surface area contributed by atoms with Crippen LogP contribution in [0.4, 0.5) is 0 Å².